The number of rotatable bonds is 7. The molecule has 150 valence electrons. The molecule has 3 rings (SSSR count). The first kappa shape index (κ1) is 20.1. The first-order chi connectivity index (χ1) is 14.1. The minimum atomic E-state index is -0.161. The van der Waals surface area contributed by atoms with Crippen molar-refractivity contribution in [3.05, 3.63) is 78.2 Å². The van der Waals surface area contributed by atoms with E-state index in [1.54, 1.807) is 49.8 Å². The van der Waals surface area contributed by atoms with Crippen molar-refractivity contribution < 1.29 is 14.3 Å². The van der Waals surface area contributed by atoms with E-state index >= 15 is 0 Å². The molecule has 0 saturated carbocycles. The van der Waals surface area contributed by atoms with Crippen LogP contribution < -0.4 is 14.8 Å². The van der Waals surface area contributed by atoms with E-state index in [9.17, 15) is 4.79 Å². The standard InChI is InChI=1S/C22H24N4O3/c1-16(18-9-11-23-12-10-18)26(2)22(27)25-15-17-7-8-21(24-14-17)29-20-6-4-5-19(13-20)28-3/h4-14,16H,15H2,1-3H3,(H,25,27). The van der Waals surface area contributed by atoms with Crippen LogP contribution in [0.25, 0.3) is 0 Å². The number of aromatic nitrogens is 2. The number of carbonyl (C=O) groups is 1. The van der Waals surface area contributed by atoms with E-state index in [2.05, 4.69) is 15.3 Å². The Bertz CT molecular complexity index is 932. The smallest absolute Gasteiger partial charge is 0.317 e. The van der Waals surface area contributed by atoms with E-state index in [1.165, 1.54) is 0 Å². The third-order valence-electron chi connectivity index (χ3n) is 4.59. The Kier molecular flexibility index (Phi) is 6.63. The van der Waals surface area contributed by atoms with Gasteiger partial charge < -0.3 is 19.7 Å². The van der Waals surface area contributed by atoms with Crippen LogP contribution in [0.15, 0.2) is 67.1 Å². The molecule has 3 aromatic rings. The summed E-state index contributed by atoms with van der Waals surface area (Å²) in [4.78, 5) is 22.4. The zero-order chi connectivity index (χ0) is 20.6. The number of ether oxygens (including phenoxy) is 2. The van der Waals surface area contributed by atoms with Gasteiger partial charge in [-0.3, -0.25) is 4.98 Å². The number of hydrogen-bond donors (Lipinski definition) is 1. The molecule has 0 bridgehead atoms. The largest absolute Gasteiger partial charge is 0.497 e. The second-order valence-corrected chi connectivity index (χ2v) is 6.51. The lowest BCUT2D eigenvalue weighted by atomic mass is 10.1. The average Bonchev–Trinajstić information content (AvgIpc) is 2.78. The van der Waals surface area contributed by atoms with Gasteiger partial charge in [0.05, 0.1) is 13.2 Å². The number of amides is 2. The zero-order valence-electron chi connectivity index (χ0n) is 16.7. The summed E-state index contributed by atoms with van der Waals surface area (Å²) >= 11 is 0. The molecule has 0 spiro atoms. The Hall–Kier alpha value is -3.61. The number of nitrogens with one attached hydrogen (secondary N) is 1. The minimum Gasteiger partial charge on any atom is -0.497 e. The summed E-state index contributed by atoms with van der Waals surface area (Å²) in [5, 5.41) is 2.91. The summed E-state index contributed by atoms with van der Waals surface area (Å²) in [5.41, 5.74) is 1.90. The van der Waals surface area contributed by atoms with E-state index in [4.69, 9.17) is 9.47 Å². The van der Waals surface area contributed by atoms with Gasteiger partial charge in [-0.05, 0) is 42.3 Å². The fraction of sp³-hybridized carbons (Fsp3) is 0.227. The van der Waals surface area contributed by atoms with E-state index < -0.39 is 0 Å². The summed E-state index contributed by atoms with van der Waals surface area (Å²) < 4.78 is 10.9. The fourth-order valence-electron chi connectivity index (χ4n) is 2.71. The predicted octanol–water partition coefficient (Wildman–Crippen LogP) is 4.18. The van der Waals surface area contributed by atoms with Gasteiger partial charge in [-0.2, -0.15) is 0 Å². The third-order valence-corrected chi connectivity index (χ3v) is 4.59. The molecule has 0 aliphatic rings. The van der Waals surface area contributed by atoms with Crippen molar-refractivity contribution in [3.8, 4) is 17.4 Å². The fourth-order valence-corrected chi connectivity index (χ4v) is 2.71. The lowest BCUT2D eigenvalue weighted by molar-refractivity contribution is 0.194. The highest BCUT2D eigenvalue weighted by atomic mass is 16.5. The van der Waals surface area contributed by atoms with Crippen LogP contribution in [0.1, 0.15) is 24.1 Å². The molecule has 1 atom stereocenters. The van der Waals surface area contributed by atoms with Crippen molar-refractivity contribution >= 4 is 6.03 Å². The van der Waals surface area contributed by atoms with Crippen LogP contribution in [-0.4, -0.2) is 35.1 Å². The molecule has 0 aliphatic heterocycles. The number of benzene rings is 1. The monoisotopic (exact) mass is 392 g/mol. The molecular weight excluding hydrogens is 368 g/mol. The van der Waals surface area contributed by atoms with Crippen molar-refractivity contribution in [2.24, 2.45) is 0 Å². The van der Waals surface area contributed by atoms with Crippen LogP contribution in [0, 0.1) is 0 Å². The highest BCUT2D eigenvalue weighted by Gasteiger charge is 2.16. The van der Waals surface area contributed by atoms with E-state index in [0.717, 1.165) is 11.1 Å². The number of methoxy groups -OCH3 is 1. The van der Waals surface area contributed by atoms with E-state index in [-0.39, 0.29) is 12.1 Å². The zero-order valence-corrected chi connectivity index (χ0v) is 16.7. The van der Waals surface area contributed by atoms with Gasteiger partial charge in [-0.15, -0.1) is 0 Å². The SMILES string of the molecule is COc1cccc(Oc2ccc(CNC(=O)N(C)C(C)c3ccncc3)cn2)c1. The normalized spacial score (nSPS) is 11.4. The summed E-state index contributed by atoms with van der Waals surface area (Å²) in [7, 11) is 3.37. The average molecular weight is 392 g/mol. The topological polar surface area (TPSA) is 76.6 Å². The van der Waals surface area contributed by atoms with Crippen molar-refractivity contribution in [3.63, 3.8) is 0 Å². The van der Waals surface area contributed by atoms with Crippen LogP contribution in [0.2, 0.25) is 0 Å². The summed E-state index contributed by atoms with van der Waals surface area (Å²) in [6.07, 6.45) is 5.12. The first-order valence-electron chi connectivity index (χ1n) is 9.24. The van der Waals surface area contributed by atoms with Gasteiger partial charge in [0, 0.05) is 44.3 Å². The molecule has 1 unspecified atom stereocenters. The molecule has 0 aliphatic carbocycles. The summed E-state index contributed by atoms with van der Waals surface area (Å²) in [6.45, 7) is 2.35. The highest BCUT2D eigenvalue weighted by molar-refractivity contribution is 5.74. The van der Waals surface area contributed by atoms with Gasteiger partial charge >= 0.3 is 6.03 Å². The predicted molar refractivity (Wildman–Crippen MR) is 110 cm³/mol. The van der Waals surface area contributed by atoms with Gasteiger partial charge in [0.1, 0.15) is 11.5 Å². The van der Waals surface area contributed by atoms with Crippen molar-refractivity contribution in [1.29, 1.82) is 0 Å². The summed E-state index contributed by atoms with van der Waals surface area (Å²) in [6, 6.07) is 14.5. The molecule has 0 saturated heterocycles. The Balaban J connectivity index is 1.53. The third kappa shape index (κ3) is 5.44. The molecule has 2 amide bonds. The van der Waals surface area contributed by atoms with Gasteiger partial charge in [0.25, 0.3) is 0 Å². The van der Waals surface area contributed by atoms with Gasteiger partial charge in [0.15, 0.2) is 0 Å². The summed E-state index contributed by atoms with van der Waals surface area (Å²) in [5.74, 6) is 1.83. The van der Waals surface area contributed by atoms with Crippen molar-refractivity contribution in [2.45, 2.75) is 19.5 Å². The maximum absolute atomic E-state index is 12.4. The number of urea groups is 1. The Morgan fingerprint density at radius 1 is 1.14 bits per heavy atom. The van der Waals surface area contributed by atoms with Crippen LogP contribution in [0.3, 0.4) is 0 Å². The minimum absolute atomic E-state index is 0.0604. The second kappa shape index (κ2) is 9.54. The molecular formula is C22H24N4O3. The number of nitrogens with zero attached hydrogens (tertiary/aromatic N) is 3. The van der Waals surface area contributed by atoms with Crippen molar-refractivity contribution in [1.82, 2.24) is 20.2 Å². The van der Waals surface area contributed by atoms with Gasteiger partial charge in [-0.1, -0.05) is 12.1 Å². The van der Waals surface area contributed by atoms with Crippen LogP contribution >= 0.6 is 0 Å². The number of pyridine rings is 2. The van der Waals surface area contributed by atoms with Crippen molar-refractivity contribution in [2.75, 3.05) is 14.2 Å². The molecule has 7 heteroatoms. The highest BCUT2D eigenvalue weighted by Crippen LogP contribution is 2.24. The molecule has 2 aromatic heterocycles. The van der Waals surface area contributed by atoms with E-state index in [1.807, 2.05) is 43.3 Å². The van der Waals surface area contributed by atoms with Crippen LogP contribution in [0.4, 0.5) is 4.79 Å². The van der Waals surface area contributed by atoms with Crippen LogP contribution in [0.5, 0.6) is 17.4 Å². The number of hydrogen-bond acceptors (Lipinski definition) is 5. The lowest BCUT2D eigenvalue weighted by Gasteiger charge is -2.25. The molecule has 2 heterocycles. The molecule has 1 aromatic carbocycles. The Morgan fingerprint density at radius 2 is 1.90 bits per heavy atom. The Morgan fingerprint density at radius 3 is 2.59 bits per heavy atom. The second-order valence-electron chi connectivity index (χ2n) is 6.51. The molecule has 7 nitrogen and oxygen atoms in total. The molecule has 0 fully saturated rings. The first-order valence-corrected chi connectivity index (χ1v) is 9.24. The molecule has 1 N–H and O–H groups in total. The maximum Gasteiger partial charge on any atom is 0.317 e. The van der Waals surface area contributed by atoms with Gasteiger partial charge in [-0.25, -0.2) is 9.78 Å². The maximum atomic E-state index is 12.4. The Labute approximate surface area is 170 Å². The molecule has 0 radical (unpaired) electrons. The quantitative estimate of drug-likeness (QED) is 0.653. The lowest BCUT2D eigenvalue weighted by Crippen LogP contribution is -2.38. The van der Waals surface area contributed by atoms with E-state index in [0.29, 0.717) is 23.9 Å². The van der Waals surface area contributed by atoms with Gasteiger partial charge in [0.2, 0.25) is 5.88 Å². The molecule has 29 heavy (non-hydrogen) atoms. The van der Waals surface area contributed by atoms with Crippen LogP contribution in [-0.2, 0) is 6.54 Å². The number of carbonyl (C=O) groups excluding carboxylic acids is 1.